The number of hydrogen-bond acceptors (Lipinski definition) is 6. The van der Waals surface area contributed by atoms with Gasteiger partial charge in [-0.2, -0.15) is 0 Å². The first-order valence-corrected chi connectivity index (χ1v) is 8.31. The van der Waals surface area contributed by atoms with Crippen LogP contribution in [0.3, 0.4) is 0 Å². The van der Waals surface area contributed by atoms with E-state index in [0.29, 0.717) is 12.0 Å². The molecule has 1 aromatic heterocycles. The summed E-state index contributed by atoms with van der Waals surface area (Å²) in [4.78, 5) is 38.8. The molecule has 4 N–H and O–H groups in total. The number of aromatic amines is 1. The number of amides is 1. The number of aromatic nitrogens is 2. The topological polar surface area (TPSA) is 128 Å². The molecule has 1 saturated heterocycles. The van der Waals surface area contributed by atoms with E-state index in [1.165, 1.54) is 21.8 Å². The Bertz CT molecular complexity index is 729. The molecule has 1 amide bonds. The minimum atomic E-state index is -0.624. The molecule has 2 rings (SSSR count). The molecule has 0 radical (unpaired) electrons. The number of ether oxygens (including phenoxy) is 2. The van der Waals surface area contributed by atoms with Crippen molar-refractivity contribution in [2.45, 2.75) is 31.7 Å². The Hall–Kier alpha value is -1.91. The summed E-state index contributed by atoms with van der Waals surface area (Å²) in [5, 5.41) is 2.55. The summed E-state index contributed by atoms with van der Waals surface area (Å²) in [6, 6.07) is -0.370. The highest BCUT2D eigenvalue weighted by molar-refractivity contribution is 9.11. The van der Waals surface area contributed by atoms with Crippen LogP contribution >= 0.6 is 15.9 Å². The van der Waals surface area contributed by atoms with Crippen LogP contribution in [-0.2, 0) is 9.47 Å². The van der Waals surface area contributed by atoms with Crippen LogP contribution in [0.2, 0.25) is 0 Å². The normalized spacial score (nSPS) is 23.5. The fraction of sp³-hybridized carbons (Fsp3) is 0.500. The van der Waals surface area contributed by atoms with Gasteiger partial charge in [0.25, 0.3) is 5.56 Å². The molecule has 0 saturated carbocycles. The summed E-state index contributed by atoms with van der Waals surface area (Å²) in [6.45, 7) is 2.14. The van der Waals surface area contributed by atoms with Gasteiger partial charge in [-0.05, 0) is 18.0 Å². The Balaban J connectivity index is 2.11. The summed E-state index contributed by atoms with van der Waals surface area (Å²) in [7, 11) is 0. The molecular weight excluding hydrogens is 384 g/mol. The number of nitrogens with zero attached hydrogens (tertiary/aromatic N) is 1. The van der Waals surface area contributed by atoms with Crippen molar-refractivity contribution in [1.29, 1.82) is 0 Å². The van der Waals surface area contributed by atoms with Crippen LogP contribution in [0.5, 0.6) is 0 Å². The van der Waals surface area contributed by atoms with Gasteiger partial charge in [0.1, 0.15) is 6.23 Å². The highest BCUT2D eigenvalue weighted by Crippen LogP contribution is 2.26. The van der Waals surface area contributed by atoms with Gasteiger partial charge in [-0.15, -0.1) is 0 Å². The molecule has 0 unspecified atom stereocenters. The largest absolute Gasteiger partial charge is 0.450 e. The van der Waals surface area contributed by atoms with Crippen molar-refractivity contribution in [3.05, 3.63) is 37.6 Å². The van der Waals surface area contributed by atoms with Crippen molar-refractivity contribution in [1.82, 2.24) is 14.9 Å². The van der Waals surface area contributed by atoms with Crippen molar-refractivity contribution in [3.63, 3.8) is 0 Å². The number of nitrogens with one attached hydrogen (secondary N) is 2. The molecule has 132 valence electrons. The molecule has 10 heteroatoms. The third kappa shape index (κ3) is 4.34. The van der Waals surface area contributed by atoms with Crippen LogP contribution in [0.1, 0.15) is 25.1 Å². The van der Waals surface area contributed by atoms with E-state index >= 15 is 0 Å². The molecular formula is C14H19BrN4O5. The zero-order valence-corrected chi connectivity index (χ0v) is 14.6. The van der Waals surface area contributed by atoms with E-state index < -0.39 is 29.7 Å². The number of hydrogen-bond donors (Lipinski definition) is 3. The van der Waals surface area contributed by atoms with Crippen LogP contribution in [0, 0.1) is 0 Å². The molecule has 2 heterocycles. The summed E-state index contributed by atoms with van der Waals surface area (Å²) in [6.07, 6.45) is 1.66. The third-order valence-corrected chi connectivity index (χ3v) is 3.82. The molecule has 0 aliphatic carbocycles. The van der Waals surface area contributed by atoms with E-state index in [-0.39, 0.29) is 19.2 Å². The van der Waals surface area contributed by atoms with Gasteiger partial charge in [0, 0.05) is 25.2 Å². The van der Waals surface area contributed by atoms with Crippen molar-refractivity contribution >= 4 is 28.1 Å². The Kier molecular flexibility index (Phi) is 6.35. The molecule has 0 bridgehead atoms. The summed E-state index contributed by atoms with van der Waals surface area (Å²) in [5.74, 6) is 0. The molecule has 9 nitrogen and oxygen atoms in total. The zero-order chi connectivity index (χ0) is 17.7. The summed E-state index contributed by atoms with van der Waals surface area (Å²) in [5.41, 5.74) is 5.25. The molecule has 1 aliphatic heterocycles. The zero-order valence-electron chi connectivity index (χ0n) is 13.0. The maximum Gasteiger partial charge on any atom is 0.407 e. The van der Waals surface area contributed by atoms with Gasteiger partial charge in [-0.25, -0.2) is 9.59 Å². The highest BCUT2D eigenvalue weighted by atomic mass is 79.9. The van der Waals surface area contributed by atoms with Crippen molar-refractivity contribution in [2.75, 3.05) is 13.2 Å². The smallest absolute Gasteiger partial charge is 0.407 e. The lowest BCUT2D eigenvalue weighted by molar-refractivity contribution is -0.00212. The number of carbonyl (C=O) groups excluding carboxylic acids is 1. The number of nitrogens with two attached hydrogens (primary N) is 1. The fourth-order valence-electron chi connectivity index (χ4n) is 2.39. The summed E-state index contributed by atoms with van der Waals surface area (Å²) >= 11 is 3.09. The highest BCUT2D eigenvalue weighted by Gasteiger charge is 2.34. The quantitative estimate of drug-likeness (QED) is 0.647. The average molecular weight is 403 g/mol. The van der Waals surface area contributed by atoms with Gasteiger partial charge in [-0.3, -0.25) is 14.3 Å². The second-order valence-corrected chi connectivity index (χ2v) is 5.70. The SMILES string of the molecule is CCOC(=O)NC[C@H]1O[C@@H](n2cc(/C=C/Br)c(=O)[nH]c2=O)C[C@@H]1N. The van der Waals surface area contributed by atoms with E-state index in [0.717, 1.165) is 0 Å². The standard InChI is InChI=1S/C14H19BrN4O5/c1-2-23-14(22)17-6-10-9(16)5-11(24-10)19-7-8(3-4-15)12(20)18-13(19)21/h3-4,7,9-11H,2,5-6,16H2,1H3,(H,17,22)(H,18,20,21)/b4-3+/t9-,10+,11+/m0/s1. The monoisotopic (exact) mass is 402 g/mol. The molecule has 1 aromatic rings. The predicted octanol–water partition coefficient (Wildman–Crippen LogP) is 0.263. The summed E-state index contributed by atoms with van der Waals surface area (Å²) < 4.78 is 11.8. The third-order valence-electron chi connectivity index (χ3n) is 3.55. The van der Waals surface area contributed by atoms with Crippen molar-refractivity contribution in [3.8, 4) is 0 Å². The van der Waals surface area contributed by atoms with E-state index in [1.807, 2.05) is 0 Å². The molecule has 3 atom stereocenters. The lowest BCUT2D eigenvalue weighted by Gasteiger charge is -2.17. The number of carbonyl (C=O) groups is 1. The maximum absolute atomic E-state index is 12.0. The molecule has 1 aliphatic rings. The van der Waals surface area contributed by atoms with Gasteiger partial charge in [0.2, 0.25) is 0 Å². The molecule has 1 fully saturated rings. The van der Waals surface area contributed by atoms with Gasteiger partial charge in [0.15, 0.2) is 0 Å². The Labute approximate surface area is 146 Å². The van der Waals surface area contributed by atoms with Crippen LogP contribution in [0.25, 0.3) is 6.08 Å². The van der Waals surface area contributed by atoms with Gasteiger partial charge in [-0.1, -0.05) is 15.9 Å². The Morgan fingerprint density at radius 2 is 2.38 bits per heavy atom. The number of rotatable bonds is 5. The average Bonchev–Trinajstić information content (AvgIpc) is 2.89. The second-order valence-electron chi connectivity index (χ2n) is 5.17. The molecule has 24 heavy (non-hydrogen) atoms. The van der Waals surface area contributed by atoms with Crippen LogP contribution < -0.4 is 22.3 Å². The maximum atomic E-state index is 12.0. The van der Waals surface area contributed by atoms with Crippen LogP contribution in [0.15, 0.2) is 20.8 Å². The number of halogens is 1. The predicted molar refractivity (Wildman–Crippen MR) is 90.8 cm³/mol. The van der Waals surface area contributed by atoms with Gasteiger partial charge < -0.3 is 20.5 Å². The fourth-order valence-corrected chi connectivity index (χ4v) is 2.67. The minimum absolute atomic E-state index is 0.169. The van der Waals surface area contributed by atoms with Gasteiger partial charge >= 0.3 is 11.8 Å². The van der Waals surface area contributed by atoms with Crippen molar-refractivity contribution in [2.24, 2.45) is 5.73 Å². The van der Waals surface area contributed by atoms with E-state index in [4.69, 9.17) is 15.2 Å². The first kappa shape index (κ1) is 18.4. The Morgan fingerprint density at radius 3 is 3.04 bits per heavy atom. The van der Waals surface area contributed by atoms with E-state index in [2.05, 4.69) is 26.2 Å². The lowest BCUT2D eigenvalue weighted by Crippen LogP contribution is -2.41. The van der Waals surface area contributed by atoms with E-state index in [1.54, 1.807) is 6.92 Å². The van der Waals surface area contributed by atoms with Gasteiger partial charge in [0.05, 0.1) is 18.3 Å². The second kappa shape index (κ2) is 8.27. The van der Waals surface area contributed by atoms with E-state index in [9.17, 15) is 14.4 Å². The molecule has 0 aromatic carbocycles. The first-order chi connectivity index (χ1) is 11.5. The molecule has 0 spiro atoms. The van der Waals surface area contributed by atoms with Crippen molar-refractivity contribution < 1.29 is 14.3 Å². The number of H-pyrrole nitrogens is 1. The number of alkyl carbamates (subject to hydrolysis) is 1. The van der Waals surface area contributed by atoms with Crippen LogP contribution in [0.4, 0.5) is 4.79 Å². The Morgan fingerprint density at radius 1 is 1.62 bits per heavy atom. The lowest BCUT2D eigenvalue weighted by atomic mass is 10.1. The minimum Gasteiger partial charge on any atom is -0.450 e. The van der Waals surface area contributed by atoms with Crippen LogP contribution in [-0.4, -0.2) is 40.9 Å². The first-order valence-electron chi connectivity index (χ1n) is 7.40.